The number of nitrogens with zero attached hydrogens (tertiary/aromatic N) is 1. The minimum Gasteiger partial charge on any atom is -0.480 e. The van der Waals surface area contributed by atoms with Crippen LogP contribution in [0.25, 0.3) is 0 Å². The first-order valence-corrected chi connectivity index (χ1v) is 6.62. The van der Waals surface area contributed by atoms with Gasteiger partial charge in [-0.3, -0.25) is 9.59 Å². The molecule has 1 fully saturated rings. The van der Waals surface area contributed by atoms with Gasteiger partial charge in [0.05, 0.1) is 0 Å². The first kappa shape index (κ1) is 15.5. The maximum Gasteiger partial charge on any atom is 0.326 e. The van der Waals surface area contributed by atoms with Crippen LogP contribution >= 0.6 is 0 Å². The third kappa shape index (κ3) is 4.54. The largest absolute Gasteiger partial charge is 0.480 e. The van der Waals surface area contributed by atoms with E-state index in [1.807, 2.05) is 6.92 Å². The van der Waals surface area contributed by atoms with Crippen molar-refractivity contribution < 1.29 is 19.5 Å². The van der Waals surface area contributed by atoms with Gasteiger partial charge in [0.25, 0.3) is 0 Å². The molecule has 1 saturated carbocycles. The van der Waals surface area contributed by atoms with E-state index in [1.165, 1.54) is 18.7 Å². The van der Waals surface area contributed by atoms with Gasteiger partial charge in [-0.25, -0.2) is 4.79 Å². The van der Waals surface area contributed by atoms with E-state index in [-0.39, 0.29) is 30.8 Å². The molecule has 0 heterocycles. The molecule has 1 aliphatic carbocycles. The molecule has 2 atom stereocenters. The van der Waals surface area contributed by atoms with Crippen LogP contribution in [0, 0.1) is 11.8 Å². The van der Waals surface area contributed by atoms with Crippen LogP contribution in [0.3, 0.4) is 0 Å². The van der Waals surface area contributed by atoms with Gasteiger partial charge in [0.1, 0.15) is 6.04 Å². The first-order valence-electron chi connectivity index (χ1n) is 6.62. The third-order valence-electron chi connectivity index (χ3n) is 3.55. The van der Waals surface area contributed by atoms with Gasteiger partial charge >= 0.3 is 5.97 Å². The number of hydrogen-bond donors (Lipinski definition) is 2. The summed E-state index contributed by atoms with van der Waals surface area (Å²) in [6.45, 7) is 5.23. The second-order valence-electron chi connectivity index (χ2n) is 5.15. The van der Waals surface area contributed by atoms with Crippen LogP contribution < -0.4 is 5.32 Å². The van der Waals surface area contributed by atoms with Gasteiger partial charge in [0.2, 0.25) is 11.8 Å². The van der Waals surface area contributed by atoms with Crippen LogP contribution in [-0.2, 0) is 14.4 Å². The van der Waals surface area contributed by atoms with Crippen molar-refractivity contribution in [3.8, 4) is 0 Å². The molecule has 0 aromatic heterocycles. The van der Waals surface area contributed by atoms with E-state index < -0.39 is 12.0 Å². The molecule has 2 amide bonds. The van der Waals surface area contributed by atoms with E-state index in [2.05, 4.69) is 5.32 Å². The molecule has 19 heavy (non-hydrogen) atoms. The minimum atomic E-state index is -1.03. The molecule has 1 rings (SSSR count). The molecular weight excluding hydrogens is 248 g/mol. The van der Waals surface area contributed by atoms with Crippen molar-refractivity contribution in [3.63, 3.8) is 0 Å². The SMILES string of the molecule is CC(=O)NCCN(C(=O)C(C)C1CC1)C(C)C(=O)O. The molecule has 0 aromatic carbocycles. The van der Waals surface area contributed by atoms with Crippen molar-refractivity contribution in [1.82, 2.24) is 10.2 Å². The molecule has 0 radical (unpaired) electrons. The van der Waals surface area contributed by atoms with Crippen molar-refractivity contribution in [2.75, 3.05) is 13.1 Å². The van der Waals surface area contributed by atoms with Gasteiger partial charge in [-0.15, -0.1) is 0 Å². The number of carbonyl (C=O) groups excluding carboxylic acids is 2. The summed E-state index contributed by atoms with van der Waals surface area (Å²) in [4.78, 5) is 35.5. The molecule has 6 nitrogen and oxygen atoms in total. The average Bonchev–Trinajstić information content (AvgIpc) is 3.15. The zero-order valence-corrected chi connectivity index (χ0v) is 11.7. The summed E-state index contributed by atoms with van der Waals surface area (Å²) in [5.41, 5.74) is 0. The fraction of sp³-hybridized carbons (Fsp3) is 0.769. The lowest BCUT2D eigenvalue weighted by atomic mass is 10.0. The highest BCUT2D eigenvalue weighted by Crippen LogP contribution is 2.37. The number of carbonyl (C=O) groups is 3. The van der Waals surface area contributed by atoms with Crippen LogP contribution in [-0.4, -0.2) is 46.9 Å². The monoisotopic (exact) mass is 270 g/mol. The number of nitrogens with one attached hydrogen (secondary N) is 1. The topological polar surface area (TPSA) is 86.7 Å². The zero-order chi connectivity index (χ0) is 14.6. The Morgan fingerprint density at radius 2 is 1.89 bits per heavy atom. The standard InChI is InChI=1S/C13H22N2O4/c1-8(11-4-5-11)12(17)15(9(2)13(18)19)7-6-14-10(3)16/h8-9,11H,4-7H2,1-3H3,(H,14,16)(H,18,19). The lowest BCUT2D eigenvalue weighted by molar-refractivity contribution is -0.151. The Labute approximate surface area is 113 Å². The Morgan fingerprint density at radius 1 is 1.32 bits per heavy atom. The zero-order valence-electron chi connectivity index (χ0n) is 11.7. The summed E-state index contributed by atoms with van der Waals surface area (Å²) < 4.78 is 0. The van der Waals surface area contributed by atoms with Crippen molar-refractivity contribution >= 4 is 17.8 Å². The van der Waals surface area contributed by atoms with E-state index in [0.717, 1.165) is 12.8 Å². The summed E-state index contributed by atoms with van der Waals surface area (Å²) >= 11 is 0. The van der Waals surface area contributed by atoms with Crippen molar-refractivity contribution in [2.24, 2.45) is 11.8 Å². The van der Waals surface area contributed by atoms with E-state index >= 15 is 0 Å². The highest BCUT2D eigenvalue weighted by atomic mass is 16.4. The smallest absolute Gasteiger partial charge is 0.326 e. The van der Waals surface area contributed by atoms with Gasteiger partial charge in [-0.1, -0.05) is 6.92 Å². The normalized spacial score (nSPS) is 17.4. The molecule has 0 spiro atoms. The first-order chi connectivity index (χ1) is 8.84. The Hall–Kier alpha value is -1.59. The van der Waals surface area contributed by atoms with Crippen LogP contribution in [0.4, 0.5) is 0 Å². The van der Waals surface area contributed by atoms with E-state index in [1.54, 1.807) is 0 Å². The summed E-state index contributed by atoms with van der Waals surface area (Å²) in [5, 5.41) is 11.6. The maximum atomic E-state index is 12.3. The number of rotatable bonds is 7. The molecule has 108 valence electrons. The Morgan fingerprint density at radius 3 is 2.32 bits per heavy atom. The Kier molecular flexibility index (Phi) is 5.32. The molecule has 2 unspecified atom stereocenters. The summed E-state index contributed by atoms with van der Waals surface area (Å²) in [6.07, 6.45) is 2.07. The van der Waals surface area contributed by atoms with Gasteiger partial charge < -0.3 is 15.3 Å². The molecular formula is C13H22N2O4. The van der Waals surface area contributed by atoms with E-state index in [4.69, 9.17) is 5.11 Å². The summed E-state index contributed by atoms with van der Waals surface area (Å²) in [7, 11) is 0. The molecule has 0 aromatic rings. The van der Waals surface area contributed by atoms with Crippen molar-refractivity contribution in [1.29, 1.82) is 0 Å². The predicted octanol–water partition coefficient (Wildman–Crippen LogP) is 0.470. The lowest BCUT2D eigenvalue weighted by Crippen LogP contribution is -2.48. The summed E-state index contributed by atoms with van der Waals surface area (Å²) in [5.74, 6) is -1.11. The van der Waals surface area contributed by atoms with E-state index in [9.17, 15) is 14.4 Å². The highest BCUT2D eigenvalue weighted by molar-refractivity contribution is 5.85. The average molecular weight is 270 g/mol. The van der Waals surface area contributed by atoms with Crippen LogP contribution in [0.5, 0.6) is 0 Å². The molecule has 0 aliphatic heterocycles. The minimum absolute atomic E-state index is 0.136. The van der Waals surface area contributed by atoms with Gasteiger partial charge in [-0.2, -0.15) is 0 Å². The molecule has 2 N–H and O–H groups in total. The van der Waals surface area contributed by atoms with E-state index in [0.29, 0.717) is 5.92 Å². The Balaban J connectivity index is 2.64. The van der Waals surface area contributed by atoms with Crippen molar-refractivity contribution in [3.05, 3.63) is 0 Å². The number of aliphatic carboxylic acids is 1. The van der Waals surface area contributed by atoms with Gasteiger partial charge in [0, 0.05) is 25.9 Å². The van der Waals surface area contributed by atoms with Crippen LogP contribution in [0.2, 0.25) is 0 Å². The predicted molar refractivity (Wildman–Crippen MR) is 69.4 cm³/mol. The number of hydrogen-bond acceptors (Lipinski definition) is 3. The third-order valence-corrected chi connectivity index (χ3v) is 3.55. The van der Waals surface area contributed by atoms with Crippen LogP contribution in [0.1, 0.15) is 33.6 Å². The fourth-order valence-electron chi connectivity index (χ4n) is 2.04. The molecule has 1 aliphatic rings. The number of carboxylic acid groups (broad SMARTS) is 1. The Bertz CT molecular complexity index is 366. The number of amides is 2. The second-order valence-corrected chi connectivity index (χ2v) is 5.15. The fourth-order valence-corrected chi connectivity index (χ4v) is 2.04. The highest BCUT2D eigenvalue weighted by Gasteiger charge is 2.37. The van der Waals surface area contributed by atoms with Gasteiger partial charge in [-0.05, 0) is 25.7 Å². The number of carboxylic acids is 1. The second kappa shape index (κ2) is 6.54. The summed E-state index contributed by atoms with van der Waals surface area (Å²) in [6, 6.07) is -0.873. The molecule has 6 heteroatoms. The maximum absolute atomic E-state index is 12.3. The molecule has 0 saturated heterocycles. The lowest BCUT2D eigenvalue weighted by Gasteiger charge is -2.29. The van der Waals surface area contributed by atoms with Gasteiger partial charge in [0.15, 0.2) is 0 Å². The van der Waals surface area contributed by atoms with Crippen molar-refractivity contribution in [2.45, 2.75) is 39.7 Å². The molecule has 0 bridgehead atoms. The van der Waals surface area contributed by atoms with Crippen LogP contribution in [0.15, 0.2) is 0 Å². The quantitative estimate of drug-likeness (QED) is 0.704.